The minimum atomic E-state index is 0.631. The van der Waals surface area contributed by atoms with Gasteiger partial charge in [-0.1, -0.05) is 13.8 Å². The van der Waals surface area contributed by atoms with Gasteiger partial charge in [0, 0.05) is 25.7 Å². The fourth-order valence-corrected chi connectivity index (χ4v) is 3.08. The summed E-state index contributed by atoms with van der Waals surface area (Å²) in [6, 6.07) is 1.27. The highest BCUT2D eigenvalue weighted by Crippen LogP contribution is 2.20. The van der Waals surface area contributed by atoms with Gasteiger partial charge in [-0.05, 0) is 51.6 Å². The molecule has 0 bridgehead atoms. The first-order valence-corrected chi connectivity index (χ1v) is 7.69. The Hall–Kier alpha value is -0.120. The molecule has 3 heteroatoms. The Balaban J connectivity index is 2.44. The molecule has 1 aliphatic heterocycles. The molecule has 0 amide bonds. The number of hydrogen-bond donors (Lipinski definition) is 1. The van der Waals surface area contributed by atoms with E-state index in [0.717, 1.165) is 19.1 Å². The fourth-order valence-electron chi connectivity index (χ4n) is 3.08. The zero-order valence-corrected chi connectivity index (χ0v) is 12.7. The van der Waals surface area contributed by atoms with Crippen LogP contribution in [0.25, 0.3) is 0 Å². The number of methoxy groups -OCH3 is 1. The van der Waals surface area contributed by atoms with Gasteiger partial charge in [0.2, 0.25) is 0 Å². The van der Waals surface area contributed by atoms with Crippen molar-refractivity contribution in [3.05, 3.63) is 0 Å². The summed E-state index contributed by atoms with van der Waals surface area (Å²) in [7, 11) is 1.82. The molecule has 1 rings (SSSR count). The minimum Gasteiger partial charge on any atom is -0.384 e. The van der Waals surface area contributed by atoms with Crippen molar-refractivity contribution in [3.63, 3.8) is 0 Å². The molecule has 0 aliphatic carbocycles. The summed E-state index contributed by atoms with van der Waals surface area (Å²) in [4.78, 5) is 2.66. The van der Waals surface area contributed by atoms with Crippen LogP contribution < -0.4 is 5.32 Å². The Bertz CT molecular complexity index is 209. The van der Waals surface area contributed by atoms with E-state index in [4.69, 9.17) is 4.74 Å². The number of hydrogen-bond acceptors (Lipinski definition) is 3. The van der Waals surface area contributed by atoms with Gasteiger partial charge in [-0.2, -0.15) is 0 Å². The average molecular weight is 256 g/mol. The second-order valence-electron chi connectivity index (χ2n) is 5.67. The average Bonchev–Trinajstić information content (AvgIpc) is 2.40. The molecule has 3 nitrogen and oxygen atoms in total. The molecule has 0 spiro atoms. The number of ether oxygens (including phenoxy) is 1. The molecule has 1 saturated heterocycles. The lowest BCUT2D eigenvalue weighted by molar-refractivity contribution is 0.0611. The summed E-state index contributed by atoms with van der Waals surface area (Å²) < 4.78 is 5.32. The van der Waals surface area contributed by atoms with Gasteiger partial charge in [0.15, 0.2) is 0 Å². The van der Waals surface area contributed by atoms with Crippen molar-refractivity contribution in [1.29, 1.82) is 0 Å². The molecule has 1 heterocycles. The summed E-state index contributed by atoms with van der Waals surface area (Å²) in [5.41, 5.74) is 0. The lowest BCUT2D eigenvalue weighted by Crippen LogP contribution is -2.52. The molecule has 3 unspecified atom stereocenters. The van der Waals surface area contributed by atoms with E-state index in [1.54, 1.807) is 0 Å². The summed E-state index contributed by atoms with van der Waals surface area (Å²) in [5, 5.41) is 3.69. The quantitative estimate of drug-likeness (QED) is 0.722. The van der Waals surface area contributed by atoms with Gasteiger partial charge < -0.3 is 10.1 Å². The van der Waals surface area contributed by atoms with Gasteiger partial charge in [0.05, 0.1) is 6.61 Å². The molecular weight excluding hydrogens is 224 g/mol. The van der Waals surface area contributed by atoms with Gasteiger partial charge >= 0.3 is 0 Å². The van der Waals surface area contributed by atoms with Gasteiger partial charge in [-0.15, -0.1) is 0 Å². The number of likely N-dealkylation sites (tertiary alicyclic amines) is 1. The zero-order valence-electron chi connectivity index (χ0n) is 12.7. The van der Waals surface area contributed by atoms with Crippen LogP contribution in [0.2, 0.25) is 0 Å². The molecule has 0 radical (unpaired) electrons. The molecule has 0 aromatic rings. The van der Waals surface area contributed by atoms with Crippen molar-refractivity contribution in [3.8, 4) is 0 Å². The third kappa shape index (κ3) is 4.87. The monoisotopic (exact) mass is 256 g/mol. The van der Waals surface area contributed by atoms with Gasteiger partial charge in [-0.25, -0.2) is 0 Å². The van der Waals surface area contributed by atoms with E-state index in [9.17, 15) is 0 Å². The highest BCUT2D eigenvalue weighted by Gasteiger charge is 2.27. The Labute approximate surface area is 113 Å². The fraction of sp³-hybridized carbons (Fsp3) is 1.00. The topological polar surface area (TPSA) is 24.5 Å². The van der Waals surface area contributed by atoms with Crippen molar-refractivity contribution in [2.75, 3.05) is 33.4 Å². The Morgan fingerprint density at radius 3 is 2.78 bits per heavy atom. The zero-order chi connectivity index (χ0) is 13.4. The predicted octanol–water partition coefficient (Wildman–Crippen LogP) is 2.51. The molecule has 0 aromatic heterocycles. The summed E-state index contributed by atoms with van der Waals surface area (Å²) >= 11 is 0. The first-order chi connectivity index (χ1) is 8.72. The minimum absolute atomic E-state index is 0.631. The molecule has 108 valence electrons. The van der Waals surface area contributed by atoms with Crippen LogP contribution >= 0.6 is 0 Å². The molecule has 1 aliphatic rings. The summed E-state index contributed by atoms with van der Waals surface area (Å²) in [6.07, 6.45) is 5.08. The van der Waals surface area contributed by atoms with Crippen LogP contribution in [-0.2, 0) is 4.74 Å². The van der Waals surface area contributed by atoms with Crippen LogP contribution in [0.4, 0.5) is 0 Å². The van der Waals surface area contributed by atoms with Crippen molar-refractivity contribution >= 4 is 0 Å². The maximum atomic E-state index is 5.32. The third-order valence-electron chi connectivity index (χ3n) is 4.21. The highest BCUT2D eigenvalue weighted by molar-refractivity contribution is 4.84. The first kappa shape index (κ1) is 15.9. The van der Waals surface area contributed by atoms with Crippen LogP contribution in [0, 0.1) is 5.92 Å². The van der Waals surface area contributed by atoms with E-state index in [-0.39, 0.29) is 0 Å². The maximum absolute atomic E-state index is 5.32. The molecule has 1 N–H and O–H groups in total. The van der Waals surface area contributed by atoms with Crippen LogP contribution in [0.3, 0.4) is 0 Å². The molecule has 18 heavy (non-hydrogen) atoms. The molecule has 1 fully saturated rings. The number of piperidine rings is 1. The van der Waals surface area contributed by atoms with E-state index in [0.29, 0.717) is 12.1 Å². The molecule has 0 saturated carbocycles. The summed E-state index contributed by atoms with van der Waals surface area (Å²) in [5.74, 6) is 0.731. The van der Waals surface area contributed by atoms with Crippen LogP contribution in [-0.4, -0.2) is 50.3 Å². The van der Waals surface area contributed by atoms with E-state index in [1.165, 1.54) is 38.8 Å². The van der Waals surface area contributed by atoms with Gasteiger partial charge in [0.25, 0.3) is 0 Å². The third-order valence-corrected chi connectivity index (χ3v) is 4.21. The van der Waals surface area contributed by atoms with Gasteiger partial charge in [0.1, 0.15) is 0 Å². The normalized spacial score (nSPS) is 25.0. The van der Waals surface area contributed by atoms with Crippen LogP contribution in [0.1, 0.15) is 46.5 Å². The lowest BCUT2D eigenvalue weighted by atomic mass is 9.95. The standard InChI is InChI=1S/C15H32N2O/c1-5-9-16-15(6-2)13(3)17-10-7-8-14(11-17)12-18-4/h13-16H,5-12H2,1-4H3. The number of rotatable bonds is 8. The molecular formula is C15H32N2O. The van der Waals surface area contributed by atoms with Gasteiger partial charge in [-0.3, -0.25) is 4.90 Å². The van der Waals surface area contributed by atoms with E-state index >= 15 is 0 Å². The van der Waals surface area contributed by atoms with Crippen molar-refractivity contribution < 1.29 is 4.74 Å². The molecule has 0 aromatic carbocycles. The molecule has 3 atom stereocenters. The first-order valence-electron chi connectivity index (χ1n) is 7.69. The number of nitrogens with one attached hydrogen (secondary N) is 1. The Morgan fingerprint density at radius 1 is 1.39 bits per heavy atom. The van der Waals surface area contributed by atoms with Crippen molar-refractivity contribution in [1.82, 2.24) is 10.2 Å². The van der Waals surface area contributed by atoms with Crippen LogP contribution in [0.15, 0.2) is 0 Å². The van der Waals surface area contributed by atoms with E-state index in [1.807, 2.05) is 7.11 Å². The number of nitrogens with zero attached hydrogens (tertiary/aromatic N) is 1. The smallest absolute Gasteiger partial charge is 0.0502 e. The van der Waals surface area contributed by atoms with Crippen molar-refractivity contribution in [2.45, 2.75) is 58.5 Å². The van der Waals surface area contributed by atoms with E-state index < -0.39 is 0 Å². The van der Waals surface area contributed by atoms with Crippen LogP contribution in [0.5, 0.6) is 0 Å². The lowest BCUT2D eigenvalue weighted by Gasteiger charge is -2.40. The highest BCUT2D eigenvalue weighted by atomic mass is 16.5. The summed E-state index contributed by atoms with van der Waals surface area (Å²) in [6.45, 7) is 11.4. The second-order valence-corrected chi connectivity index (χ2v) is 5.67. The maximum Gasteiger partial charge on any atom is 0.0502 e. The SMILES string of the molecule is CCCNC(CC)C(C)N1CCCC(COC)C1. The van der Waals surface area contributed by atoms with E-state index in [2.05, 4.69) is 31.0 Å². The largest absolute Gasteiger partial charge is 0.384 e. The Morgan fingerprint density at radius 2 is 2.17 bits per heavy atom. The predicted molar refractivity (Wildman–Crippen MR) is 78.0 cm³/mol. The Kier molecular flexibility index (Phi) is 7.87. The second kappa shape index (κ2) is 8.89. The van der Waals surface area contributed by atoms with Crippen molar-refractivity contribution in [2.24, 2.45) is 5.92 Å².